The van der Waals surface area contributed by atoms with Crippen LogP contribution in [0.5, 0.6) is 0 Å². The third-order valence-electron chi connectivity index (χ3n) is 3.81. The Bertz CT molecular complexity index is 669. The molecule has 7 nitrogen and oxygen atoms in total. The fourth-order valence-electron chi connectivity index (χ4n) is 2.54. The third-order valence-corrected chi connectivity index (χ3v) is 4.28. The Morgan fingerprint density at radius 1 is 1.09 bits per heavy atom. The van der Waals surface area contributed by atoms with Gasteiger partial charge in [-0.25, -0.2) is 4.98 Å². The van der Waals surface area contributed by atoms with Crippen LogP contribution in [-0.2, 0) is 6.54 Å². The zero-order valence-electron chi connectivity index (χ0n) is 12.4. The summed E-state index contributed by atoms with van der Waals surface area (Å²) in [7, 11) is 0. The molecule has 0 aliphatic carbocycles. The van der Waals surface area contributed by atoms with Crippen molar-refractivity contribution in [2.75, 3.05) is 31.1 Å². The highest BCUT2D eigenvalue weighted by molar-refractivity contribution is 9.10. The first-order valence-corrected chi connectivity index (χ1v) is 8.09. The van der Waals surface area contributed by atoms with Gasteiger partial charge < -0.3 is 4.90 Å². The van der Waals surface area contributed by atoms with E-state index in [0.29, 0.717) is 0 Å². The first-order chi connectivity index (χ1) is 11.1. The lowest BCUT2D eigenvalue weighted by Crippen LogP contribution is -2.46. The van der Waals surface area contributed by atoms with Gasteiger partial charge >= 0.3 is 0 Å². The smallest absolute Gasteiger partial charge is 0.287 e. The molecule has 0 saturated carbocycles. The molecule has 23 heavy (non-hydrogen) atoms. The molecule has 0 bridgehead atoms. The van der Waals surface area contributed by atoms with Crippen LogP contribution >= 0.6 is 15.9 Å². The van der Waals surface area contributed by atoms with Gasteiger partial charge in [-0.1, -0.05) is 0 Å². The number of halogens is 1. The monoisotopic (exact) mass is 377 g/mol. The molecule has 0 spiro atoms. The fourth-order valence-corrected chi connectivity index (χ4v) is 2.77. The maximum Gasteiger partial charge on any atom is 0.287 e. The lowest BCUT2D eigenvalue weighted by Gasteiger charge is -2.35. The maximum absolute atomic E-state index is 10.7. The van der Waals surface area contributed by atoms with Crippen LogP contribution < -0.4 is 4.90 Å². The molecule has 0 radical (unpaired) electrons. The van der Waals surface area contributed by atoms with Crippen LogP contribution in [0.2, 0.25) is 0 Å². The van der Waals surface area contributed by atoms with Crippen molar-refractivity contribution in [2.45, 2.75) is 6.54 Å². The average Bonchev–Trinajstić information content (AvgIpc) is 2.58. The van der Waals surface area contributed by atoms with Crippen molar-refractivity contribution in [3.8, 4) is 0 Å². The van der Waals surface area contributed by atoms with Gasteiger partial charge in [-0.05, 0) is 34.1 Å². The third kappa shape index (κ3) is 4.02. The Morgan fingerprint density at radius 2 is 1.87 bits per heavy atom. The minimum Gasteiger partial charge on any atom is -0.354 e. The zero-order chi connectivity index (χ0) is 16.2. The number of pyridine rings is 2. The summed E-state index contributed by atoms with van der Waals surface area (Å²) in [6, 6.07) is 7.23. The normalized spacial score (nSPS) is 15.6. The highest BCUT2D eigenvalue weighted by Gasteiger charge is 2.19. The molecule has 0 N–H and O–H groups in total. The first-order valence-electron chi connectivity index (χ1n) is 7.30. The van der Waals surface area contributed by atoms with Gasteiger partial charge in [-0.2, -0.15) is 0 Å². The number of piperazine rings is 1. The summed E-state index contributed by atoms with van der Waals surface area (Å²) in [4.78, 5) is 23.3. The van der Waals surface area contributed by atoms with Crippen LogP contribution in [0, 0.1) is 10.1 Å². The van der Waals surface area contributed by atoms with Crippen LogP contribution in [0.4, 0.5) is 11.5 Å². The summed E-state index contributed by atoms with van der Waals surface area (Å²) < 4.78 is 0.982. The summed E-state index contributed by atoms with van der Waals surface area (Å²) in [6.45, 7) is 4.35. The molecule has 2 aromatic rings. The molecule has 1 fully saturated rings. The van der Waals surface area contributed by atoms with Crippen molar-refractivity contribution < 1.29 is 4.92 Å². The van der Waals surface area contributed by atoms with Crippen molar-refractivity contribution in [3.63, 3.8) is 0 Å². The van der Waals surface area contributed by atoms with E-state index in [0.717, 1.165) is 48.7 Å². The van der Waals surface area contributed by atoms with Gasteiger partial charge in [-0.15, -0.1) is 0 Å². The predicted molar refractivity (Wildman–Crippen MR) is 90.3 cm³/mol. The van der Waals surface area contributed by atoms with Crippen molar-refractivity contribution in [1.82, 2.24) is 14.9 Å². The quantitative estimate of drug-likeness (QED) is 0.601. The van der Waals surface area contributed by atoms with Crippen molar-refractivity contribution in [2.24, 2.45) is 0 Å². The molecular formula is C15H16BrN5O2. The topological polar surface area (TPSA) is 75.4 Å². The van der Waals surface area contributed by atoms with E-state index in [2.05, 4.69) is 35.7 Å². The van der Waals surface area contributed by atoms with Gasteiger partial charge in [0.25, 0.3) is 5.69 Å². The van der Waals surface area contributed by atoms with Gasteiger partial charge in [0.05, 0.1) is 10.6 Å². The van der Waals surface area contributed by atoms with Crippen molar-refractivity contribution >= 4 is 27.4 Å². The summed E-state index contributed by atoms with van der Waals surface area (Å²) in [6.07, 6.45) is 3.12. The number of hydrogen-bond acceptors (Lipinski definition) is 6. The molecule has 1 aliphatic heterocycles. The second-order valence-electron chi connectivity index (χ2n) is 5.36. The molecule has 3 rings (SSSR count). The minimum absolute atomic E-state index is 0.0219. The average molecular weight is 378 g/mol. The zero-order valence-corrected chi connectivity index (χ0v) is 14.0. The Balaban J connectivity index is 1.55. The molecule has 120 valence electrons. The molecule has 0 amide bonds. The number of nitro groups is 1. The largest absolute Gasteiger partial charge is 0.354 e. The van der Waals surface area contributed by atoms with Crippen LogP contribution in [0.15, 0.2) is 41.1 Å². The summed E-state index contributed by atoms with van der Waals surface area (Å²) in [5, 5.41) is 10.7. The van der Waals surface area contributed by atoms with Crippen molar-refractivity contribution in [3.05, 3.63) is 56.9 Å². The van der Waals surface area contributed by atoms with Gasteiger partial charge in [0.15, 0.2) is 0 Å². The minimum atomic E-state index is -0.431. The van der Waals surface area contributed by atoms with E-state index in [1.165, 1.54) is 12.3 Å². The lowest BCUT2D eigenvalue weighted by atomic mass is 10.2. The molecule has 1 aliphatic rings. The number of anilines is 1. The Kier molecular flexibility index (Phi) is 4.82. The number of aromatic nitrogens is 2. The molecule has 2 aromatic heterocycles. The molecule has 0 unspecified atom stereocenters. The molecule has 1 saturated heterocycles. The second-order valence-corrected chi connectivity index (χ2v) is 6.28. The van der Waals surface area contributed by atoms with Gasteiger partial charge in [-0.3, -0.25) is 20.0 Å². The van der Waals surface area contributed by atoms with E-state index < -0.39 is 4.92 Å². The van der Waals surface area contributed by atoms with Gasteiger partial charge in [0.2, 0.25) is 0 Å². The molecular weight excluding hydrogens is 362 g/mol. The van der Waals surface area contributed by atoms with Gasteiger partial charge in [0.1, 0.15) is 12.0 Å². The first kappa shape index (κ1) is 15.8. The van der Waals surface area contributed by atoms with E-state index in [9.17, 15) is 10.1 Å². The van der Waals surface area contributed by atoms with E-state index in [-0.39, 0.29) is 5.69 Å². The molecule has 8 heteroatoms. The highest BCUT2D eigenvalue weighted by Crippen LogP contribution is 2.18. The Morgan fingerprint density at radius 3 is 2.43 bits per heavy atom. The fraction of sp³-hybridized carbons (Fsp3) is 0.333. The summed E-state index contributed by atoms with van der Waals surface area (Å²) in [5.74, 6) is 0.789. The maximum atomic E-state index is 10.7. The number of hydrogen-bond donors (Lipinski definition) is 0. The predicted octanol–water partition coefficient (Wildman–Crippen LogP) is 2.47. The molecule has 0 atom stereocenters. The van der Waals surface area contributed by atoms with E-state index >= 15 is 0 Å². The van der Waals surface area contributed by atoms with Crippen molar-refractivity contribution in [1.29, 1.82) is 0 Å². The van der Waals surface area contributed by atoms with Crippen LogP contribution in [0.1, 0.15) is 5.69 Å². The van der Waals surface area contributed by atoms with Crippen LogP contribution in [0.25, 0.3) is 0 Å². The Labute approximate surface area is 142 Å². The lowest BCUT2D eigenvalue weighted by molar-refractivity contribution is -0.385. The highest BCUT2D eigenvalue weighted by atomic mass is 79.9. The SMILES string of the molecule is O=[N+]([O-])c1ccc(N2CCN(Cc3ccc(Br)cn3)CC2)nc1. The molecule has 3 heterocycles. The molecule has 0 aromatic carbocycles. The van der Waals surface area contributed by atoms with E-state index in [4.69, 9.17) is 0 Å². The summed E-state index contributed by atoms with van der Waals surface area (Å²) in [5.41, 5.74) is 1.07. The second kappa shape index (κ2) is 7.01. The standard InChI is InChI=1S/C15H16BrN5O2/c16-12-1-2-13(17-9-12)11-19-5-7-20(8-6-19)15-4-3-14(10-18-15)21(22)23/h1-4,9-10H,5-8,11H2. The van der Waals surface area contributed by atoms with E-state index in [1.807, 2.05) is 18.3 Å². The number of rotatable bonds is 4. The number of nitrogens with zero attached hydrogens (tertiary/aromatic N) is 5. The van der Waals surface area contributed by atoms with Gasteiger partial charge in [0, 0.05) is 49.5 Å². The summed E-state index contributed by atoms with van der Waals surface area (Å²) >= 11 is 3.39. The van der Waals surface area contributed by atoms with E-state index in [1.54, 1.807) is 6.07 Å². The van der Waals surface area contributed by atoms with Crippen LogP contribution in [0.3, 0.4) is 0 Å². The Hall–Kier alpha value is -2.06. The van der Waals surface area contributed by atoms with Crippen LogP contribution in [-0.4, -0.2) is 46.0 Å².